The highest BCUT2D eigenvalue weighted by Crippen LogP contribution is 2.23. The first-order valence-corrected chi connectivity index (χ1v) is 2.87. The van der Waals surface area contributed by atoms with Gasteiger partial charge in [0.15, 0.2) is 0 Å². The van der Waals surface area contributed by atoms with E-state index in [-0.39, 0.29) is 6.54 Å². The summed E-state index contributed by atoms with van der Waals surface area (Å²) in [5.74, 6) is -0.847. The molecule has 0 amide bonds. The van der Waals surface area contributed by atoms with Crippen LogP contribution in [-0.4, -0.2) is 24.4 Å². The molecule has 1 unspecified atom stereocenters. The van der Waals surface area contributed by atoms with Gasteiger partial charge in [0.1, 0.15) is 0 Å². The van der Waals surface area contributed by atoms with Crippen molar-refractivity contribution in [1.29, 1.82) is 0 Å². The average molecular weight is 157 g/mol. The molecule has 0 aromatic carbocycles. The molecule has 0 bridgehead atoms. The fourth-order valence-electron chi connectivity index (χ4n) is 0.550. The van der Waals surface area contributed by atoms with Crippen LogP contribution in [0.25, 0.3) is 0 Å². The van der Waals surface area contributed by atoms with Gasteiger partial charge in [-0.25, -0.2) is 0 Å². The van der Waals surface area contributed by atoms with Gasteiger partial charge in [0, 0.05) is 18.9 Å². The summed E-state index contributed by atoms with van der Waals surface area (Å²) in [7, 11) is 0. The van der Waals surface area contributed by atoms with E-state index in [0.29, 0.717) is 0 Å². The predicted molar refractivity (Wildman–Crippen MR) is 30.3 cm³/mol. The maximum atomic E-state index is 11.5. The maximum Gasteiger partial charge on any atom is 0.389 e. The van der Waals surface area contributed by atoms with E-state index >= 15 is 0 Å². The minimum atomic E-state index is -4.22. The van der Waals surface area contributed by atoms with Gasteiger partial charge in [-0.1, -0.05) is 0 Å². The second kappa shape index (κ2) is 3.78. The number of alkyl halides is 3. The van der Waals surface area contributed by atoms with E-state index in [1.165, 1.54) is 0 Å². The van der Waals surface area contributed by atoms with Crippen LogP contribution in [0.2, 0.25) is 0 Å². The average Bonchev–Trinajstić information content (AvgIpc) is 1.81. The van der Waals surface area contributed by atoms with Crippen molar-refractivity contribution in [2.45, 2.75) is 12.6 Å². The van der Waals surface area contributed by atoms with Crippen LogP contribution in [-0.2, 0) is 0 Å². The molecule has 1 atom stereocenters. The summed E-state index contributed by atoms with van der Waals surface area (Å²) in [5, 5.41) is 8.31. The monoisotopic (exact) mass is 157 g/mol. The summed E-state index contributed by atoms with van der Waals surface area (Å²) in [4.78, 5) is 0. The van der Waals surface area contributed by atoms with Gasteiger partial charge in [0.25, 0.3) is 0 Å². The molecule has 0 aromatic heterocycles. The highest BCUT2D eigenvalue weighted by Gasteiger charge is 2.30. The molecule has 0 heterocycles. The van der Waals surface area contributed by atoms with Gasteiger partial charge in [-0.15, -0.1) is 0 Å². The normalized spacial score (nSPS) is 15.3. The van der Waals surface area contributed by atoms with Crippen molar-refractivity contribution >= 4 is 0 Å². The number of rotatable bonds is 3. The first-order chi connectivity index (χ1) is 4.49. The zero-order chi connectivity index (χ0) is 8.20. The Labute approximate surface area is 56.8 Å². The molecule has 0 saturated carbocycles. The van der Waals surface area contributed by atoms with Crippen molar-refractivity contribution in [3.63, 3.8) is 0 Å². The van der Waals surface area contributed by atoms with Crippen molar-refractivity contribution in [3.8, 4) is 0 Å². The Bertz CT molecular complexity index is 89.4. The summed E-state index contributed by atoms with van der Waals surface area (Å²) < 4.78 is 34.5. The molecule has 0 aliphatic rings. The lowest BCUT2D eigenvalue weighted by Crippen LogP contribution is -2.24. The summed E-state index contributed by atoms with van der Waals surface area (Å²) in [6.45, 7) is -0.633. The molecule has 5 heteroatoms. The molecular weight excluding hydrogens is 147 g/mol. The molecule has 2 nitrogen and oxygen atoms in total. The Morgan fingerprint density at radius 2 is 1.90 bits per heavy atom. The summed E-state index contributed by atoms with van der Waals surface area (Å²) in [5.41, 5.74) is 4.93. The first kappa shape index (κ1) is 9.71. The fourth-order valence-corrected chi connectivity index (χ4v) is 0.550. The van der Waals surface area contributed by atoms with Crippen molar-refractivity contribution in [2.75, 3.05) is 13.2 Å². The van der Waals surface area contributed by atoms with Gasteiger partial charge in [-0.3, -0.25) is 0 Å². The van der Waals surface area contributed by atoms with Gasteiger partial charge in [-0.2, -0.15) is 13.2 Å². The van der Waals surface area contributed by atoms with Gasteiger partial charge in [-0.05, 0) is 6.54 Å². The van der Waals surface area contributed by atoms with Gasteiger partial charge < -0.3 is 10.8 Å². The number of halogens is 3. The molecule has 62 valence electrons. The number of nitrogens with two attached hydrogens (primary N) is 1. The van der Waals surface area contributed by atoms with E-state index in [4.69, 9.17) is 10.8 Å². The largest absolute Gasteiger partial charge is 0.396 e. The van der Waals surface area contributed by atoms with E-state index in [1.807, 2.05) is 0 Å². The number of aliphatic hydroxyl groups excluding tert-OH is 1. The summed E-state index contributed by atoms with van der Waals surface area (Å²) in [6.07, 6.45) is -5.22. The lowest BCUT2D eigenvalue weighted by Gasteiger charge is -2.13. The third kappa shape index (κ3) is 4.58. The van der Waals surface area contributed by atoms with Crippen molar-refractivity contribution in [3.05, 3.63) is 0 Å². The second-order valence-electron chi connectivity index (χ2n) is 2.10. The smallest absolute Gasteiger partial charge is 0.389 e. The van der Waals surface area contributed by atoms with Crippen LogP contribution < -0.4 is 5.73 Å². The second-order valence-corrected chi connectivity index (χ2v) is 2.10. The number of hydrogen-bond donors (Lipinski definition) is 2. The molecule has 0 aromatic rings. The molecule has 0 fully saturated rings. The molecule has 3 N–H and O–H groups in total. The third-order valence-corrected chi connectivity index (χ3v) is 1.11. The highest BCUT2D eigenvalue weighted by molar-refractivity contribution is 4.62. The van der Waals surface area contributed by atoms with Gasteiger partial charge >= 0.3 is 6.18 Å². The number of hydrogen-bond acceptors (Lipinski definition) is 2. The standard InChI is InChI=1S/C5H10F3NO/c6-5(7,8)1-4(2-9)3-10/h4,10H,1-3,9H2. The van der Waals surface area contributed by atoms with Gasteiger partial charge in [0.05, 0.1) is 0 Å². The third-order valence-electron chi connectivity index (χ3n) is 1.11. The van der Waals surface area contributed by atoms with Crippen molar-refractivity contribution in [2.24, 2.45) is 11.7 Å². The van der Waals surface area contributed by atoms with Crippen LogP contribution in [0.4, 0.5) is 13.2 Å². The van der Waals surface area contributed by atoms with E-state index < -0.39 is 25.1 Å². The van der Waals surface area contributed by atoms with E-state index in [0.717, 1.165) is 0 Å². The Kier molecular flexibility index (Phi) is 3.67. The molecule has 0 aliphatic carbocycles. The molecule has 10 heavy (non-hydrogen) atoms. The Morgan fingerprint density at radius 1 is 1.40 bits per heavy atom. The van der Waals surface area contributed by atoms with Crippen LogP contribution in [0.5, 0.6) is 0 Å². The molecule has 0 aliphatic heterocycles. The predicted octanol–water partition coefficient (Wildman–Crippen LogP) is 0.506. The van der Waals surface area contributed by atoms with Gasteiger partial charge in [0.2, 0.25) is 0 Å². The number of aliphatic hydroxyl groups is 1. The van der Waals surface area contributed by atoms with E-state index in [1.54, 1.807) is 0 Å². The Hall–Kier alpha value is -0.290. The molecular formula is C5H10F3NO. The minimum Gasteiger partial charge on any atom is -0.396 e. The molecule has 0 rings (SSSR count). The topological polar surface area (TPSA) is 46.2 Å². The molecule has 0 radical (unpaired) electrons. The maximum absolute atomic E-state index is 11.5. The lowest BCUT2D eigenvalue weighted by molar-refractivity contribution is -0.146. The SMILES string of the molecule is NCC(CO)CC(F)(F)F. The summed E-state index contributed by atoms with van der Waals surface area (Å²) >= 11 is 0. The van der Waals surface area contributed by atoms with Crippen LogP contribution in [0.3, 0.4) is 0 Å². The molecule has 0 spiro atoms. The quantitative estimate of drug-likeness (QED) is 0.626. The zero-order valence-corrected chi connectivity index (χ0v) is 5.36. The van der Waals surface area contributed by atoms with E-state index in [9.17, 15) is 13.2 Å². The van der Waals surface area contributed by atoms with Crippen LogP contribution in [0.15, 0.2) is 0 Å². The van der Waals surface area contributed by atoms with Crippen molar-refractivity contribution in [1.82, 2.24) is 0 Å². The Balaban J connectivity index is 3.63. The highest BCUT2D eigenvalue weighted by atomic mass is 19.4. The fraction of sp³-hybridized carbons (Fsp3) is 1.00. The van der Waals surface area contributed by atoms with Crippen LogP contribution in [0, 0.1) is 5.92 Å². The van der Waals surface area contributed by atoms with Crippen LogP contribution >= 0.6 is 0 Å². The lowest BCUT2D eigenvalue weighted by atomic mass is 10.1. The minimum absolute atomic E-state index is 0.129. The molecule has 0 saturated heterocycles. The zero-order valence-electron chi connectivity index (χ0n) is 5.36. The summed E-state index contributed by atoms with van der Waals surface area (Å²) in [6, 6.07) is 0. The first-order valence-electron chi connectivity index (χ1n) is 2.87. The van der Waals surface area contributed by atoms with Crippen molar-refractivity contribution < 1.29 is 18.3 Å². The van der Waals surface area contributed by atoms with Crippen LogP contribution in [0.1, 0.15) is 6.42 Å². The van der Waals surface area contributed by atoms with E-state index in [2.05, 4.69) is 0 Å². The Morgan fingerprint density at radius 3 is 2.00 bits per heavy atom.